The predicted octanol–water partition coefficient (Wildman–Crippen LogP) is 4.91. The molecule has 6 nitrogen and oxygen atoms in total. The molecule has 0 fully saturated rings. The van der Waals surface area contributed by atoms with Gasteiger partial charge in [-0.3, -0.25) is 9.78 Å². The number of nitrogens with zero attached hydrogens (tertiary/aromatic N) is 2. The van der Waals surface area contributed by atoms with Gasteiger partial charge < -0.3 is 14.3 Å². The lowest BCUT2D eigenvalue weighted by Crippen LogP contribution is -2.26. The lowest BCUT2D eigenvalue weighted by Gasteiger charge is -2.18. The van der Waals surface area contributed by atoms with E-state index < -0.39 is 0 Å². The Morgan fingerprint density at radius 3 is 2.75 bits per heavy atom. The third-order valence-corrected chi connectivity index (χ3v) is 6.59. The van der Waals surface area contributed by atoms with Crippen LogP contribution in [0.1, 0.15) is 29.7 Å². The standard InChI is InChI=1S/C25H26N2O4S/c1-16-12-18(20-6-4-5-7-21(20)26-16)15-30-19-10-8-17(9-11-19)22-13-23(31-27-22)24(32-3)14-25(28)29-2/h4-12,23-24H,13-15H2,1-3H3. The SMILES string of the molecule is COC(=O)CC(SC)C1CC(c2ccc(OCc3cc(C)nc4ccccc34)cc2)=NO1. The van der Waals surface area contributed by atoms with Crippen molar-refractivity contribution in [1.82, 2.24) is 4.98 Å². The average Bonchev–Trinajstić information content (AvgIpc) is 3.31. The Balaban J connectivity index is 1.39. The summed E-state index contributed by atoms with van der Waals surface area (Å²) in [6.07, 6.45) is 2.79. The van der Waals surface area contributed by atoms with E-state index in [1.165, 1.54) is 7.11 Å². The fraction of sp³-hybridized carbons (Fsp3) is 0.320. The summed E-state index contributed by atoms with van der Waals surface area (Å²) in [5.41, 5.74) is 4.93. The molecule has 0 saturated heterocycles. The number of hydrogen-bond donors (Lipinski definition) is 0. The van der Waals surface area contributed by atoms with Crippen molar-refractivity contribution in [1.29, 1.82) is 0 Å². The van der Waals surface area contributed by atoms with E-state index in [1.807, 2.05) is 55.6 Å². The summed E-state index contributed by atoms with van der Waals surface area (Å²) < 4.78 is 10.8. The molecular weight excluding hydrogens is 424 g/mol. The first kappa shape index (κ1) is 22.1. The highest BCUT2D eigenvalue weighted by atomic mass is 32.2. The van der Waals surface area contributed by atoms with Crippen LogP contribution in [0.25, 0.3) is 10.9 Å². The summed E-state index contributed by atoms with van der Waals surface area (Å²) in [5.74, 6) is 0.552. The van der Waals surface area contributed by atoms with Crippen molar-refractivity contribution in [2.45, 2.75) is 37.7 Å². The van der Waals surface area contributed by atoms with Crippen molar-refractivity contribution in [3.63, 3.8) is 0 Å². The zero-order chi connectivity index (χ0) is 22.5. The van der Waals surface area contributed by atoms with Gasteiger partial charge in [0.1, 0.15) is 18.5 Å². The molecule has 0 amide bonds. The number of oxime groups is 1. The molecule has 1 aliphatic rings. The topological polar surface area (TPSA) is 70.0 Å². The molecule has 2 atom stereocenters. The number of fused-ring (bicyclic) bond motifs is 1. The van der Waals surface area contributed by atoms with Gasteiger partial charge in [-0.2, -0.15) is 11.8 Å². The number of carbonyl (C=O) groups excluding carboxylic acids is 1. The Kier molecular flexibility index (Phi) is 6.95. The molecule has 2 unspecified atom stereocenters. The number of rotatable bonds is 8. The van der Waals surface area contributed by atoms with E-state index in [1.54, 1.807) is 11.8 Å². The number of aryl methyl sites for hydroxylation is 1. The fourth-order valence-electron chi connectivity index (χ4n) is 3.80. The van der Waals surface area contributed by atoms with Crippen LogP contribution in [0.5, 0.6) is 5.75 Å². The molecule has 3 aromatic rings. The molecule has 2 heterocycles. The zero-order valence-electron chi connectivity index (χ0n) is 18.4. The summed E-state index contributed by atoms with van der Waals surface area (Å²) in [7, 11) is 1.40. The normalized spacial score (nSPS) is 16.3. The molecule has 0 radical (unpaired) electrons. The first-order chi connectivity index (χ1) is 15.6. The minimum absolute atomic E-state index is 0.00458. The summed E-state index contributed by atoms with van der Waals surface area (Å²) in [5, 5.41) is 5.37. The Labute approximate surface area is 192 Å². The first-order valence-electron chi connectivity index (χ1n) is 10.5. The zero-order valence-corrected chi connectivity index (χ0v) is 19.2. The van der Waals surface area contributed by atoms with Crippen LogP contribution in [0, 0.1) is 6.92 Å². The lowest BCUT2D eigenvalue weighted by molar-refractivity contribution is -0.141. The highest BCUT2D eigenvalue weighted by Crippen LogP contribution is 2.28. The van der Waals surface area contributed by atoms with E-state index in [2.05, 4.69) is 22.3 Å². The van der Waals surface area contributed by atoms with Gasteiger partial charge in [0.2, 0.25) is 0 Å². The first-order valence-corrected chi connectivity index (χ1v) is 11.8. The number of benzene rings is 2. The molecule has 0 saturated carbocycles. The summed E-state index contributed by atoms with van der Waals surface area (Å²) in [6, 6.07) is 18.0. The van der Waals surface area contributed by atoms with E-state index in [0.29, 0.717) is 19.4 Å². The van der Waals surface area contributed by atoms with Crippen LogP contribution in [-0.4, -0.2) is 41.4 Å². The largest absolute Gasteiger partial charge is 0.489 e. The van der Waals surface area contributed by atoms with Gasteiger partial charge in [0, 0.05) is 23.1 Å². The monoisotopic (exact) mass is 450 g/mol. The van der Waals surface area contributed by atoms with Crippen molar-refractivity contribution < 1.29 is 19.1 Å². The molecule has 0 bridgehead atoms. The number of para-hydroxylation sites is 1. The summed E-state index contributed by atoms with van der Waals surface area (Å²) in [6.45, 7) is 2.47. The molecular formula is C25H26N2O4S. The van der Waals surface area contributed by atoms with E-state index in [0.717, 1.165) is 39.2 Å². The van der Waals surface area contributed by atoms with Crippen LogP contribution in [0.4, 0.5) is 0 Å². The lowest BCUT2D eigenvalue weighted by atomic mass is 10.0. The van der Waals surface area contributed by atoms with E-state index in [9.17, 15) is 4.79 Å². The van der Waals surface area contributed by atoms with Crippen molar-refractivity contribution in [2.75, 3.05) is 13.4 Å². The van der Waals surface area contributed by atoms with Crippen LogP contribution >= 0.6 is 11.8 Å². The Morgan fingerprint density at radius 1 is 1.22 bits per heavy atom. The number of thioether (sulfide) groups is 1. The van der Waals surface area contributed by atoms with Gasteiger partial charge >= 0.3 is 5.97 Å². The molecule has 0 N–H and O–H groups in total. The fourth-order valence-corrected chi connectivity index (χ4v) is 4.55. The quantitative estimate of drug-likeness (QED) is 0.454. The molecule has 166 valence electrons. The third-order valence-electron chi connectivity index (χ3n) is 5.52. The van der Waals surface area contributed by atoms with Crippen LogP contribution in [0.15, 0.2) is 59.8 Å². The molecule has 4 rings (SSSR count). The second-order valence-electron chi connectivity index (χ2n) is 7.69. The van der Waals surface area contributed by atoms with Gasteiger partial charge in [-0.1, -0.05) is 23.4 Å². The Hall–Kier alpha value is -3.06. The molecule has 7 heteroatoms. The summed E-state index contributed by atoms with van der Waals surface area (Å²) >= 11 is 1.59. The summed E-state index contributed by atoms with van der Waals surface area (Å²) in [4.78, 5) is 21.8. The van der Waals surface area contributed by atoms with E-state index >= 15 is 0 Å². The van der Waals surface area contributed by atoms with Gasteiger partial charge in [0.25, 0.3) is 0 Å². The molecule has 2 aromatic carbocycles. The van der Waals surface area contributed by atoms with Crippen LogP contribution in [0.2, 0.25) is 0 Å². The third kappa shape index (κ3) is 5.05. The highest BCUT2D eigenvalue weighted by molar-refractivity contribution is 7.99. The number of ether oxygens (including phenoxy) is 2. The van der Waals surface area contributed by atoms with E-state index in [4.69, 9.17) is 14.3 Å². The average molecular weight is 451 g/mol. The maximum atomic E-state index is 11.6. The molecule has 1 aromatic heterocycles. The van der Waals surface area contributed by atoms with Gasteiger partial charge in [-0.25, -0.2) is 0 Å². The molecule has 1 aliphatic heterocycles. The number of esters is 1. The Bertz CT molecular complexity index is 1130. The van der Waals surface area contributed by atoms with Crippen molar-refractivity contribution in [2.24, 2.45) is 5.16 Å². The van der Waals surface area contributed by atoms with Gasteiger partial charge in [0.15, 0.2) is 0 Å². The smallest absolute Gasteiger partial charge is 0.306 e. The minimum Gasteiger partial charge on any atom is -0.489 e. The van der Waals surface area contributed by atoms with Crippen molar-refractivity contribution >= 4 is 34.3 Å². The van der Waals surface area contributed by atoms with Gasteiger partial charge in [-0.05, 0) is 55.1 Å². The molecule has 0 spiro atoms. The highest BCUT2D eigenvalue weighted by Gasteiger charge is 2.31. The predicted molar refractivity (Wildman–Crippen MR) is 127 cm³/mol. The second-order valence-corrected chi connectivity index (χ2v) is 8.77. The van der Waals surface area contributed by atoms with Crippen molar-refractivity contribution in [3.05, 3.63) is 71.4 Å². The van der Waals surface area contributed by atoms with Crippen LogP contribution in [0.3, 0.4) is 0 Å². The van der Waals surface area contributed by atoms with Crippen LogP contribution < -0.4 is 4.74 Å². The van der Waals surface area contributed by atoms with E-state index in [-0.39, 0.29) is 17.3 Å². The number of carbonyl (C=O) groups is 1. The maximum Gasteiger partial charge on any atom is 0.306 e. The number of aromatic nitrogens is 1. The van der Waals surface area contributed by atoms with Gasteiger partial charge in [0.05, 0.1) is 30.0 Å². The van der Waals surface area contributed by atoms with Crippen LogP contribution in [-0.2, 0) is 21.0 Å². The maximum absolute atomic E-state index is 11.6. The number of hydrogen-bond acceptors (Lipinski definition) is 7. The minimum atomic E-state index is -0.236. The molecule has 0 aliphatic carbocycles. The Morgan fingerprint density at radius 2 is 2.00 bits per heavy atom. The van der Waals surface area contributed by atoms with Gasteiger partial charge in [-0.15, -0.1) is 0 Å². The number of methoxy groups -OCH3 is 1. The number of pyridine rings is 1. The molecule has 32 heavy (non-hydrogen) atoms. The second kappa shape index (κ2) is 10.0. The van der Waals surface area contributed by atoms with Crippen molar-refractivity contribution in [3.8, 4) is 5.75 Å².